The molecule has 0 unspecified atom stereocenters. The Morgan fingerprint density at radius 1 is 0.212 bits per heavy atom. The zero-order valence-corrected chi connectivity index (χ0v) is 36.3. The monoisotopic (exact) mass is 837 g/mol. The summed E-state index contributed by atoms with van der Waals surface area (Å²) in [6, 6.07) is 92.8. The molecule has 1 heteroatoms. The smallest absolute Gasteiger partial charge is 0.0708 e. The van der Waals surface area contributed by atoms with Crippen LogP contribution < -0.4 is 0 Å². The van der Waals surface area contributed by atoms with Crippen molar-refractivity contribution in [3.63, 3.8) is 0 Å². The van der Waals surface area contributed by atoms with Gasteiger partial charge in [0, 0.05) is 17.1 Å². The van der Waals surface area contributed by atoms with Crippen LogP contribution in [0.3, 0.4) is 0 Å². The van der Waals surface area contributed by atoms with E-state index in [1.807, 2.05) is 6.20 Å². The molecular formula is C65H43N. The predicted octanol–water partition coefficient (Wildman–Crippen LogP) is 17.9. The molecule has 12 rings (SSSR count). The molecule has 0 saturated heterocycles. The summed E-state index contributed by atoms with van der Waals surface area (Å²) in [5.74, 6) is 0. The minimum absolute atomic E-state index is 0.968. The van der Waals surface area contributed by atoms with E-state index in [0.717, 1.165) is 22.2 Å². The molecule has 1 nitrogen and oxygen atoms in total. The number of hydrogen-bond donors (Lipinski definition) is 0. The Balaban J connectivity index is 1.11. The maximum atomic E-state index is 4.91. The fourth-order valence-electron chi connectivity index (χ4n) is 10.1. The average Bonchev–Trinajstić information content (AvgIpc) is 3.40. The van der Waals surface area contributed by atoms with Crippen molar-refractivity contribution in [1.82, 2.24) is 4.98 Å². The van der Waals surface area contributed by atoms with Crippen LogP contribution in [-0.4, -0.2) is 4.98 Å². The van der Waals surface area contributed by atoms with Crippen LogP contribution in [0.4, 0.5) is 0 Å². The van der Waals surface area contributed by atoms with E-state index in [1.165, 1.54) is 99.3 Å². The lowest BCUT2D eigenvalue weighted by Crippen LogP contribution is -1.98. The lowest BCUT2D eigenvalue weighted by Gasteiger charge is -2.25. The third-order valence-electron chi connectivity index (χ3n) is 13.1. The number of benzene rings is 11. The van der Waals surface area contributed by atoms with Gasteiger partial charge in [-0.25, -0.2) is 0 Å². The summed E-state index contributed by atoms with van der Waals surface area (Å²) in [5.41, 5.74) is 18.8. The molecule has 0 aliphatic heterocycles. The van der Waals surface area contributed by atoms with Crippen molar-refractivity contribution in [3.8, 4) is 89.1 Å². The van der Waals surface area contributed by atoms with Crippen molar-refractivity contribution in [2.75, 3.05) is 0 Å². The quantitative estimate of drug-likeness (QED) is 0.139. The Hall–Kier alpha value is -8.65. The van der Waals surface area contributed by atoms with Crippen LogP contribution in [0.5, 0.6) is 0 Å². The Kier molecular flexibility index (Phi) is 9.93. The Morgan fingerprint density at radius 2 is 0.576 bits per heavy atom. The van der Waals surface area contributed by atoms with E-state index in [0.29, 0.717) is 0 Å². The third-order valence-corrected chi connectivity index (χ3v) is 13.1. The molecule has 0 spiro atoms. The molecule has 66 heavy (non-hydrogen) atoms. The standard InChI is InChI=1S/C65H43N/c1-5-21-44(22-6-1)58-42-59(64(46-25-9-3-10-26-46)65(47-27-11-4-12-28-47)63(58)45-23-7-2-8-24-45)49-31-19-33-51(39-49)61-54-35-15-17-37-56(54)62(57-38-18-16-36-55(57)61)52-34-20-32-50(40-52)60-41-48-29-13-14-30-53(48)43-66-60/h1-43H. The SMILES string of the molecule is c1ccc(-c2cc(-c3cccc(-c4c5ccccc5c(-c5cccc(-c6cc7ccccc7cn6)c5)c5ccccc45)c3)c(-c3ccccc3)c(-c3ccccc3)c2-c2ccccc2)cc1. The first kappa shape index (κ1) is 39.0. The van der Waals surface area contributed by atoms with E-state index in [9.17, 15) is 0 Å². The van der Waals surface area contributed by atoms with Gasteiger partial charge >= 0.3 is 0 Å². The molecule has 0 bridgehead atoms. The molecule has 12 aromatic rings. The first-order valence-electron chi connectivity index (χ1n) is 22.7. The molecule has 11 aromatic carbocycles. The number of hydrogen-bond acceptors (Lipinski definition) is 1. The van der Waals surface area contributed by atoms with Gasteiger partial charge in [-0.05, 0) is 129 Å². The second-order valence-corrected chi connectivity index (χ2v) is 17.0. The Morgan fingerprint density at radius 3 is 1.09 bits per heavy atom. The Bertz CT molecular complexity index is 3670. The van der Waals surface area contributed by atoms with Crippen LogP contribution in [0.2, 0.25) is 0 Å². The highest BCUT2D eigenvalue weighted by Crippen LogP contribution is 2.51. The van der Waals surface area contributed by atoms with Gasteiger partial charge in [0.2, 0.25) is 0 Å². The highest BCUT2D eigenvalue weighted by Gasteiger charge is 2.25. The normalized spacial score (nSPS) is 11.3. The molecule has 308 valence electrons. The van der Waals surface area contributed by atoms with E-state index in [4.69, 9.17) is 4.98 Å². The minimum atomic E-state index is 0.968. The van der Waals surface area contributed by atoms with Crippen molar-refractivity contribution in [3.05, 3.63) is 261 Å². The summed E-state index contributed by atoms with van der Waals surface area (Å²) in [6.45, 7) is 0. The van der Waals surface area contributed by atoms with Gasteiger partial charge in [-0.2, -0.15) is 0 Å². The number of pyridine rings is 1. The number of nitrogens with zero attached hydrogens (tertiary/aromatic N) is 1. The van der Waals surface area contributed by atoms with E-state index in [1.54, 1.807) is 0 Å². The summed E-state index contributed by atoms with van der Waals surface area (Å²) in [5, 5.41) is 7.20. The van der Waals surface area contributed by atoms with E-state index in [-0.39, 0.29) is 0 Å². The summed E-state index contributed by atoms with van der Waals surface area (Å²) >= 11 is 0. The van der Waals surface area contributed by atoms with Crippen molar-refractivity contribution >= 4 is 32.3 Å². The first-order chi connectivity index (χ1) is 32.8. The van der Waals surface area contributed by atoms with Crippen LogP contribution in [-0.2, 0) is 0 Å². The van der Waals surface area contributed by atoms with Crippen LogP contribution in [0.15, 0.2) is 261 Å². The number of aromatic nitrogens is 1. The van der Waals surface area contributed by atoms with Gasteiger partial charge in [-0.1, -0.05) is 231 Å². The second-order valence-electron chi connectivity index (χ2n) is 17.0. The summed E-state index contributed by atoms with van der Waals surface area (Å²) in [6.07, 6.45) is 1.98. The van der Waals surface area contributed by atoms with Crippen molar-refractivity contribution < 1.29 is 0 Å². The fraction of sp³-hybridized carbons (Fsp3) is 0. The lowest BCUT2D eigenvalue weighted by atomic mass is 9.78. The first-order valence-corrected chi connectivity index (χ1v) is 22.7. The molecule has 0 aliphatic carbocycles. The molecule has 1 heterocycles. The van der Waals surface area contributed by atoms with Gasteiger partial charge in [0.25, 0.3) is 0 Å². The number of fused-ring (bicyclic) bond motifs is 3. The molecule has 0 fully saturated rings. The van der Waals surface area contributed by atoms with Crippen LogP contribution in [0.25, 0.3) is 121 Å². The highest BCUT2D eigenvalue weighted by molar-refractivity contribution is 6.22. The predicted molar refractivity (Wildman–Crippen MR) is 280 cm³/mol. The van der Waals surface area contributed by atoms with Crippen molar-refractivity contribution in [1.29, 1.82) is 0 Å². The van der Waals surface area contributed by atoms with Crippen LogP contribution in [0, 0.1) is 0 Å². The fourth-order valence-corrected chi connectivity index (χ4v) is 10.1. The molecule has 0 aliphatic rings. The zero-order chi connectivity index (χ0) is 43.8. The van der Waals surface area contributed by atoms with E-state index >= 15 is 0 Å². The highest BCUT2D eigenvalue weighted by atomic mass is 14.7. The summed E-state index contributed by atoms with van der Waals surface area (Å²) < 4.78 is 0. The van der Waals surface area contributed by atoms with Gasteiger partial charge in [0.15, 0.2) is 0 Å². The van der Waals surface area contributed by atoms with Crippen molar-refractivity contribution in [2.45, 2.75) is 0 Å². The van der Waals surface area contributed by atoms with Crippen LogP contribution >= 0.6 is 0 Å². The summed E-state index contributed by atoms with van der Waals surface area (Å²) in [4.78, 5) is 4.91. The lowest BCUT2D eigenvalue weighted by molar-refractivity contribution is 1.36. The van der Waals surface area contributed by atoms with E-state index in [2.05, 4.69) is 255 Å². The van der Waals surface area contributed by atoms with Crippen molar-refractivity contribution in [2.24, 2.45) is 0 Å². The molecular weight excluding hydrogens is 795 g/mol. The third kappa shape index (κ3) is 6.95. The zero-order valence-electron chi connectivity index (χ0n) is 36.3. The molecule has 0 saturated carbocycles. The Labute approximate surface area is 385 Å². The molecule has 1 aromatic heterocycles. The summed E-state index contributed by atoms with van der Waals surface area (Å²) in [7, 11) is 0. The van der Waals surface area contributed by atoms with Gasteiger partial charge < -0.3 is 0 Å². The van der Waals surface area contributed by atoms with Gasteiger partial charge in [0.1, 0.15) is 0 Å². The minimum Gasteiger partial charge on any atom is -0.256 e. The van der Waals surface area contributed by atoms with Gasteiger partial charge in [0.05, 0.1) is 5.69 Å². The topological polar surface area (TPSA) is 12.9 Å². The molecule has 0 N–H and O–H groups in total. The van der Waals surface area contributed by atoms with Crippen LogP contribution in [0.1, 0.15) is 0 Å². The molecule has 0 radical (unpaired) electrons. The van der Waals surface area contributed by atoms with Gasteiger partial charge in [-0.3, -0.25) is 4.98 Å². The largest absolute Gasteiger partial charge is 0.256 e. The molecule has 0 amide bonds. The average molecular weight is 838 g/mol. The van der Waals surface area contributed by atoms with E-state index < -0.39 is 0 Å². The maximum absolute atomic E-state index is 4.91. The maximum Gasteiger partial charge on any atom is 0.0708 e. The molecule has 0 atom stereocenters. The number of rotatable bonds is 8. The second kappa shape index (κ2) is 16.8. The van der Waals surface area contributed by atoms with Gasteiger partial charge in [-0.15, -0.1) is 0 Å².